The van der Waals surface area contributed by atoms with E-state index in [0.717, 1.165) is 19.3 Å². The van der Waals surface area contributed by atoms with Gasteiger partial charge < -0.3 is 20.3 Å². The van der Waals surface area contributed by atoms with E-state index in [9.17, 15) is 14.4 Å². The zero-order valence-electron chi connectivity index (χ0n) is 24.9. The van der Waals surface area contributed by atoms with Crippen LogP contribution in [0.4, 0.5) is 4.79 Å². The number of rotatable bonds is 13. The molecule has 3 atom stereocenters. The van der Waals surface area contributed by atoms with Crippen molar-refractivity contribution in [3.63, 3.8) is 0 Å². The first-order valence-corrected chi connectivity index (χ1v) is 13.9. The smallest absolute Gasteiger partial charge is 0.408 e. The van der Waals surface area contributed by atoms with Crippen LogP contribution in [0.2, 0.25) is 0 Å². The van der Waals surface area contributed by atoms with Gasteiger partial charge in [0.15, 0.2) is 0 Å². The third-order valence-electron chi connectivity index (χ3n) is 6.90. The predicted octanol–water partition coefficient (Wildman–Crippen LogP) is 5.97. The van der Waals surface area contributed by atoms with Crippen molar-refractivity contribution in [2.24, 2.45) is 5.92 Å². The fourth-order valence-corrected chi connectivity index (χ4v) is 4.16. The fourth-order valence-electron chi connectivity index (χ4n) is 4.16. The second-order valence-corrected chi connectivity index (χ2v) is 11.5. The van der Waals surface area contributed by atoms with Crippen LogP contribution in [-0.4, -0.2) is 46.5 Å². The van der Waals surface area contributed by atoms with E-state index in [2.05, 4.69) is 23.5 Å². The largest absolute Gasteiger partial charge is 0.444 e. The van der Waals surface area contributed by atoms with E-state index in [1.807, 2.05) is 46.8 Å². The summed E-state index contributed by atoms with van der Waals surface area (Å²) >= 11 is 0. The van der Waals surface area contributed by atoms with Gasteiger partial charge in [0.2, 0.25) is 11.8 Å². The van der Waals surface area contributed by atoms with Crippen LogP contribution in [0.5, 0.6) is 0 Å². The Balaban J connectivity index is 3.69. The predicted molar refractivity (Wildman–Crippen MR) is 153 cm³/mol. The maximum absolute atomic E-state index is 14.5. The van der Waals surface area contributed by atoms with Gasteiger partial charge in [0.25, 0.3) is 0 Å². The van der Waals surface area contributed by atoms with E-state index in [0.29, 0.717) is 30.5 Å². The van der Waals surface area contributed by atoms with Crippen LogP contribution in [0.25, 0.3) is 0 Å². The van der Waals surface area contributed by atoms with E-state index in [1.54, 1.807) is 37.8 Å². The maximum Gasteiger partial charge on any atom is 0.408 e. The van der Waals surface area contributed by atoms with E-state index >= 15 is 0 Å². The molecule has 212 valence electrons. The number of carbonyl (C=O) groups is 3. The van der Waals surface area contributed by atoms with Crippen LogP contribution in [0, 0.1) is 18.3 Å². The van der Waals surface area contributed by atoms with Gasteiger partial charge in [0, 0.05) is 17.6 Å². The zero-order chi connectivity index (χ0) is 29.1. The van der Waals surface area contributed by atoms with Gasteiger partial charge in [-0.15, -0.1) is 6.42 Å². The van der Waals surface area contributed by atoms with Gasteiger partial charge in [-0.1, -0.05) is 71.1 Å². The molecule has 7 heteroatoms. The Hall–Kier alpha value is -3.01. The summed E-state index contributed by atoms with van der Waals surface area (Å²) < 4.78 is 5.48. The zero-order valence-corrected chi connectivity index (χ0v) is 24.9. The van der Waals surface area contributed by atoms with Crippen molar-refractivity contribution in [2.75, 3.05) is 6.54 Å². The number of terminal acetylenes is 1. The molecule has 1 rings (SSSR count). The Kier molecular flexibility index (Phi) is 12.9. The monoisotopic (exact) mass is 527 g/mol. The van der Waals surface area contributed by atoms with Crippen molar-refractivity contribution in [2.45, 2.75) is 118 Å². The highest BCUT2D eigenvalue weighted by Crippen LogP contribution is 2.34. The second-order valence-electron chi connectivity index (χ2n) is 11.5. The molecule has 0 saturated carbocycles. The molecule has 1 aromatic rings. The molecular weight excluding hydrogens is 478 g/mol. The van der Waals surface area contributed by atoms with Gasteiger partial charge in [-0.2, -0.15) is 0 Å². The first kappa shape index (κ1) is 33.0. The van der Waals surface area contributed by atoms with E-state index in [-0.39, 0.29) is 17.7 Å². The lowest BCUT2D eigenvalue weighted by Gasteiger charge is -2.45. The summed E-state index contributed by atoms with van der Waals surface area (Å²) in [6.07, 6.45) is 9.25. The normalized spacial score (nSPS) is 14.0. The highest BCUT2D eigenvalue weighted by molar-refractivity contribution is 5.93. The summed E-state index contributed by atoms with van der Waals surface area (Å²) in [6.45, 7) is 17.6. The van der Waals surface area contributed by atoms with Gasteiger partial charge in [-0.3, -0.25) is 9.59 Å². The topological polar surface area (TPSA) is 87.7 Å². The Morgan fingerprint density at radius 3 is 2.21 bits per heavy atom. The lowest BCUT2D eigenvalue weighted by molar-refractivity contribution is -0.150. The average Bonchev–Trinajstić information content (AvgIpc) is 2.86. The van der Waals surface area contributed by atoms with Crippen LogP contribution >= 0.6 is 0 Å². The van der Waals surface area contributed by atoms with Gasteiger partial charge in [0.05, 0.1) is 0 Å². The molecule has 2 N–H and O–H groups in total. The number of alkyl carbamates (subject to hydrolysis) is 1. The van der Waals surface area contributed by atoms with Crippen molar-refractivity contribution < 1.29 is 19.1 Å². The molecule has 3 amide bonds. The maximum atomic E-state index is 14.5. The van der Waals surface area contributed by atoms with Crippen LogP contribution in [0.1, 0.15) is 112 Å². The van der Waals surface area contributed by atoms with Crippen molar-refractivity contribution in [3.05, 3.63) is 35.4 Å². The van der Waals surface area contributed by atoms with Crippen LogP contribution in [-0.2, 0) is 14.3 Å². The average molecular weight is 528 g/mol. The number of amides is 3. The van der Waals surface area contributed by atoms with Gasteiger partial charge in [0.1, 0.15) is 17.7 Å². The van der Waals surface area contributed by atoms with Crippen LogP contribution in [0.3, 0.4) is 0 Å². The molecule has 0 radical (unpaired) electrons. The standard InChI is InChI=1S/C31H49N3O4/c1-11-15-18-21-32-27(35)26(24-20-17-16-19-23(24)13-3)34(31(9,10)14-4)28(36)25(22(5)12-2)33-29(37)38-30(6,7)8/h3,16-17,19-20,22,25-26H,11-12,14-15,18,21H2,1-2,4-10H3,(H,32,35)(H,33,37). The number of hydrogen-bond acceptors (Lipinski definition) is 4. The number of ether oxygens (including phenoxy) is 1. The van der Waals surface area contributed by atoms with Crippen LogP contribution in [0.15, 0.2) is 24.3 Å². The first-order valence-electron chi connectivity index (χ1n) is 13.9. The highest BCUT2D eigenvalue weighted by Gasteiger charge is 2.44. The Labute approximate surface area is 230 Å². The highest BCUT2D eigenvalue weighted by atomic mass is 16.6. The second kappa shape index (κ2) is 14.8. The summed E-state index contributed by atoms with van der Waals surface area (Å²) in [5.41, 5.74) is -0.322. The molecule has 0 aliphatic rings. The summed E-state index contributed by atoms with van der Waals surface area (Å²) in [6, 6.07) is 5.35. The minimum atomic E-state index is -0.974. The fraction of sp³-hybridized carbons (Fsp3) is 0.645. The number of benzene rings is 1. The quantitative estimate of drug-likeness (QED) is 0.244. The molecule has 0 fully saturated rings. The van der Waals surface area contributed by atoms with Crippen molar-refractivity contribution >= 4 is 17.9 Å². The lowest BCUT2D eigenvalue weighted by Crippen LogP contribution is -2.60. The Morgan fingerprint density at radius 2 is 1.68 bits per heavy atom. The van der Waals surface area contributed by atoms with Crippen LogP contribution < -0.4 is 10.6 Å². The van der Waals surface area contributed by atoms with Crippen molar-refractivity contribution in [1.29, 1.82) is 0 Å². The number of nitrogens with one attached hydrogen (secondary N) is 2. The summed E-state index contributed by atoms with van der Waals surface area (Å²) in [4.78, 5) is 42.8. The minimum absolute atomic E-state index is 0.207. The molecule has 3 unspecified atom stereocenters. The molecule has 0 bridgehead atoms. The minimum Gasteiger partial charge on any atom is -0.444 e. The molecule has 1 aromatic carbocycles. The van der Waals surface area contributed by atoms with Gasteiger partial charge in [-0.05, 0) is 65.0 Å². The molecule has 0 aliphatic carbocycles. The summed E-state index contributed by atoms with van der Waals surface area (Å²) in [5, 5.41) is 5.85. The van der Waals surface area contributed by atoms with Gasteiger partial charge >= 0.3 is 6.09 Å². The van der Waals surface area contributed by atoms with E-state index < -0.39 is 29.3 Å². The third kappa shape index (κ3) is 9.38. The molecule has 7 nitrogen and oxygen atoms in total. The summed E-state index contributed by atoms with van der Waals surface area (Å²) in [7, 11) is 0. The van der Waals surface area contributed by atoms with Crippen molar-refractivity contribution in [1.82, 2.24) is 15.5 Å². The SMILES string of the molecule is C#Cc1ccccc1C(C(=O)NCCCCC)N(C(=O)C(NC(=O)OC(C)(C)C)C(C)CC)C(C)(C)CC. The third-order valence-corrected chi connectivity index (χ3v) is 6.90. The lowest BCUT2D eigenvalue weighted by atomic mass is 9.88. The number of hydrogen-bond donors (Lipinski definition) is 2. The Bertz CT molecular complexity index is 974. The summed E-state index contributed by atoms with van der Waals surface area (Å²) in [5.74, 6) is 1.83. The van der Waals surface area contributed by atoms with Crippen molar-refractivity contribution in [3.8, 4) is 12.3 Å². The molecule has 0 aromatic heterocycles. The van der Waals surface area contributed by atoms with E-state index in [1.165, 1.54) is 0 Å². The first-order chi connectivity index (χ1) is 17.7. The number of nitrogens with zero attached hydrogens (tertiary/aromatic N) is 1. The van der Waals surface area contributed by atoms with Gasteiger partial charge in [-0.25, -0.2) is 4.79 Å². The molecule has 38 heavy (non-hydrogen) atoms. The Morgan fingerprint density at radius 1 is 1.05 bits per heavy atom. The number of carbonyl (C=O) groups excluding carboxylic acids is 3. The molecule has 0 saturated heterocycles. The molecule has 0 heterocycles. The molecule has 0 aliphatic heterocycles. The van der Waals surface area contributed by atoms with E-state index in [4.69, 9.17) is 11.2 Å². The molecule has 0 spiro atoms. The number of unbranched alkanes of at least 4 members (excludes halogenated alkanes) is 2. The molecular formula is C31H49N3O4.